The Morgan fingerprint density at radius 3 is 2.49 bits per heavy atom. The van der Waals surface area contributed by atoms with E-state index in [2.05, 4.69) is 73.8 Å². The second-order valence-corrected chi connectivity index (χ2v) is 13.6. The molecule has 1 atom stereocenters. The molecular weight excluding hydrogens is 795 g/mol. The van der Waals surface area contributed by atoms with Crippen molar-refractivity contribution in [2.24, 2.45) is 4.99 Å². The zero-order chi connectivity index (χ0) is 33.1. The minimum atomic E-state index is -0.770. The summed E-state index contributed by atoms with van der Waals surface area (Å²) in [4.78, 5) is 31.9. The number of halogens is 2. The van der Waals surface area contributed by atoms with Crippen molar-refractivity contribution in [2.75, 3.05) is 20.3 Å². The van der Waals surface area contributed by atoms with E-state index in [1.807, 2.05) is 50.3 Å². The Kier molecular flexibility index (Phi) is 10.1. The summed E-state index contributed by atoms with van der Waals surface area (Å²) >= 11 is 7.18. The van der Waals surface area contributed by atoms with Gasteiger partial charge in [-0.3, -0.25) is 9.36 Å². The second kappa shape index (κ2) is 14.4. The van der Waals surface area contributed by atoms with E-state index in [0.29, 0.717) is 46.2 Å². The van der Waals surface area contributed by atoms with E-state index >= 15 is 0 Å². The molecule has 11 heteroatoms. The highest BCUT2D eigenvalue weighted by Gasteiger charge is 2.31. The summed E-state index contributed by atoms with van der Waals surface area (Å²) in [6, 6.07) is 23.1. The number of thiazole rings is 1. The molecule has 0 fully saturated rings. The lowest BCUT2D eigenvalue weighted by molar-refractivity contribution is -0.136. The third-order valence-corrected chi connectivity index (χ3v) is 9.91. The number of hydrogen-bond acceptors (Lipinski definition) is 8. The molecule has 4 aromatic carbocycles. The molecule has 0 radical (unpaired) electrons. The van der Waals surface area contributed by atoms with Crippen LogP contribution in [0.2, 0.25) is 0 Å². The van der Waals surface area contributed by atoms with Crippen molar-refractivity contribution in [1.29, 1.82) is 0 Å². The monoisotopic (exact) mass is 824 g/mol. The van der Waals surface area contributed by atoms with Crippen LogP contribution in [0, 0.1) is 3.57 Å². The van der Waals surface area contributed by atoms with Gasteiger partial charge < -0.3 is 18.9 Å². The van der Waals surface area contributed by atoms with Crippen LogP contribution in [-0.4, -0.2) is 30.9 Å². The maximum atomic E-state index is 14.0. The summed E-state index contributed by atoms with van der Waals surface area (Å²) in [6.45, 7) is 5.08. The zero-order valence-electron chi connectivity index (χ0n) is 25.8. The molecule has 5 aromatic rings. The Bertz CT molecular complexity index is 2190. The highest BCUT2D eigenvalue weighted by Crippen LogP contribution is 2.36. The predicted molar refractivity (Wildman–Crippen MR) is 195 cm³/mol. The molecule has 0 unspecified atom stereocenters. The minimum Gasteiger partial charge on any atom is -0.490 e. The van der Waals surface area contributed by atoms with Gasteiger partial charge in [0.2, 0.25) is 0 Å². The van der Waals surface area contributed by atoms with Crippen LogP contribution in [0.4, 0.5) is 0 Å². The predicted octanol–water partition coefficient (Wildman–Crippen LogP) is 6.91. The second-order valence-electron chi connectivity index (χ2n) is 10.5. The lowest BCUT2D eigenvalue weighted by Crippen LogP contribution is -2.39. The van der Waals surface area contributed by atoms with Crippen molar-refractivity contribution in [2.45, 2.75) is 26.5 Å². The molecule has 0 spiro atoms. The molecule has 240 valence electrons. The molecule has 0 saturated carbocycles. The number of fused-ring (bicyclic) bond motifs is 2. The summed E-state index contributed by atoms with van der Waals surface area (Å²) in [5.41, 5.74) is 2.51. The zero-order valence-corrected chi connectivity index (χ0v) is 30.3. The smallest absolute Gasteiger partial charge is 0.337 e. The molecule has 0 N–H and O–H groups in total. The number of aromatic nitrogens is 1. The molecule has 0 bridgehead atoms. The quantitative estimate of drug-likeness (QED) is 0.112. The number of benzene rings is 4. The molecule has 1 aromatic heterocycles. The fourth-order valence-electron chi connectivity index (χ4n) is 5.42. The molecule has 1 aliphatic heterocycles. The molecule has 0 amide bonds. The first kappa shape index (κ1) is 33.0. The average Bonchev–Trinajstić information content (AvgIpc) is 3.38. The topological polar surface area (TPSA) is 88.4 Å². The SMILES string of the molecule is CCOc1ccc([C@H]2C(C(=O)OC)=CN=c3s/c(=C\c4cc(Br)c(OCc5ccc6ccccc6c5)c(I)c4)c(=O)n32)cc1OCC. The number of hydrogen-bond donors (Lipinski definition) is 0. The largest absolute Gasteiger partial charge is 0.490 e. The molecule has 0 aliphatic carbocycles. The summed E-state index contributed by atoms with van der Waals surface area (Å²) in [6.07, 6.45) is 3.30. The Morgan fingerprint density at radius 2 is 1.74 bits per heavy atom. The van der Waals surface area contributed by atoms with Crippen LogP contribution in [-0.2, 0) is 16.1 Å². The number of carbonyl (C=O) groups is 1. The van der Waals surface area contributed by atoms with E-state index in [4.69, 9.17) is 18.9 Å². The van der Waals surface area contributed by atoms with Crippen molar-refractivity contribution < 1.29 is 23.7 Å². The fourth-order valence-corrected chi connectivity index (χ4v) is 8.16. The van der Waals surface area contributed by atoms with Crippen LogP contribution in [0.3, 0.4) is 0 Å². The lowest BCUT2D eigenvalue weighted by Gasteiger charge is -2.23. The average molecular weight is 826 g/mol. The van der Waals surface area contributed by atoms with Gasteiger partial charge in [-0.2, -0.15) is 0 Å². The first-order valence-electron chi connectivity index (χ1n) is 14.9. The fraction of sp³-hybridized carbons (Fsp3) is 0.194. The minimum absolute atomic E-state index is 0.239. The maximum Gasteiger partial charge on any atom is 0.337 e. The summed E-state index contributed by atoms with van der Waals surface area (Å²) in [5, 5.41) is 2.35. The molecular formula is C36H30BrIN2O6S. The Hall–Kier alpha value is -3.94. The van der Waals surface area contributed by atoms with Gasteiger partial charge >= 0.3 is 5.97 Å². The molecule has 2 heterocycles. The number of esters is 1. The van der Waals surface area contributed by atoms with Gasteiger partial charge in [-0.25, -0.2) is 9.79 Å². The Balaban J connectivity index is 1.35. The number of nitrogens with zero attached hydrogens (tertiary/aromatic N) is 2. The first-order valence-corrected chi connectivity index (χ1v) is 17.6. The van der Waals surface area contributed by atoms with Crippen LogP contribution in [0.15, 0.2) is 98.8 Å². The third kappa shape index (κ3) is 6.88. The Morgan fingerprint density at radius 1 is 0.979 bits per heavy atom. The maximum absolute atomic E-state index is 14.0. The van der Waals surface area contributed by atoms with Crippen molar-refractivity contribution in [3.63, 3.8) is 0 Å². The van der Waals surface area contributed by atoms with Gasteiger partial charge in [0.15, 0.2) is 16.3 Å². The standard InChI is InChI=1S/C36H30BrIN2O6S/c1-4-44-29-13-12-25(18-30(29)45-5-2)32-26(35(42)43-3)19-39-36-40(32)34(41)31(47-36)17-22-15-27(37)33(28(38)16-22)46-20-21-10-11-23-8-6-7-9-24(23)14-21/h6-19,32H,4-5,20H2,1-3H3/b31-17-/t32-/m0/s1. The summed E-state index contributed by atoms with van der Waals surface area (Å²) in [7, 11) is 1.31. The molecule has 6 rings (SSSR count). The highest BCUT2D eigenvalue weighted by atomic mass is 127. The molecule has 8 nitrogen and oxygen atoms in total. The van der Waals surface area contributed by atoms with Crippen LogP contribution < -0.4 is 29.1 Å². The third-order valence-electron chi connectivity index (χ3n) is 7.52. The van der Waals surface area contributed by atoms with Crippen LogP contribution in [0.1, 0.15) is 36.6 Å². The number of carbonyl (C=O) groups excluding carboxylic acids is 1. The summed E-state index contributed by atoms with van der Waals surface area (Å²) in [5.74, 6) is 1.26. The van der Waals surface area contributed by atoms with E-state index in [1.54, 1.807) is 12.1 Å². The molecule has 47 heavy (non-hydrogen) atoms. The summed E-state index contributed by atoms with van der Waals surface area (Å²) < 4.78 is 26.6. The first-order chi connectivity index (χ1) is 22.8. The van der Waals surface area contributed by atoms with Gasteiger partial charge in [0.1, 0.15) is 12.4 Å². The van der Waals surface area contributed by atoms with Crippen LogP contribution >= 0.6 is 49.9 Å². The molecule has 0 saturated heterocycles. The highest BCUT2D eigenvalue weighted by molar-refractivity contribution is 14.1. The van der Waals surface area contributed by atoms with Crippen molar-refractivity contribution in [3.8, 4) is 17.2 Å². The van der Waals surface area contributed by atoms with E-state index in [9.17, 15) is 9.59 Å². The molecule has 1 aliphatic rings. The number of ether oxygens (including phenoxy) is 4. The van der Waals surface area contributed by atoms with Crippen LogP contribution in [0.5, 0.6) is 17.2 Å². The van der Waals surface area contributed by atoms with Crippen molar-refractivity contribution in [1.82, 2.24) is 4.57 Å². The van der Waals surface area contributed by atoms with Crippen molar-refractivity contribution in [3.05, 3.63) is 129 Å². The normalized spacial score (nSPS) is 14.3. The number of rotatable bonds is 10. The van der Waals surface area contributed by atoms with Gasteiger partial charge in [0.25, 0.3) is 5.56 Å². The van der Waals surface area contributed by atoms with Crippen molar-refractivity contribution >= 4 is 72.7 Å². The van der Waals surface area contributed by atoms with Crippen LogP contribution in [0.25, 0.3) is 16.8 Å². The van der Waals surface area contributed by atoms with E-state index in [-0.39, 0.29) is 11.1 Å². The Labute approximate surface area is 297 Å². The van der Waals surface area contributed by atoms with E-state index in [0.717, 1.165) is 30.3 Å². The van der Waals surface area contributed by atoms with E-state index in [1.165, 1.54) is 34.6 Å². The van der Waals surface area contributed by atoms with Gasteiger partial charge in [0, 0.05) is 6.20 Å². The van der Waals surface area contributed by atoms with Gasteiger partial charge in [-0.15, -0.1) is 0 Å². The van der Waals surface area contributed by atoms with Gasteiger partial charge in [-0.1, -0.05) is 53.8 Å². The van der Waals surface area contributed by atoms with E-state index < -0.39 is 12.0 Å². The number of methoxy groups -OCH3 is 1. The lowest BCUT2D eigenvalue weighted by atomic mass is 9.97. The van der Waals surface area contributed by atoms with Gasteiger partial charge in [-0.05, 0) is 116 Å². The van der Waals surface area contributed by atoms with Gasteiger partial charge in [0.05, 0.1) is 44.5 Å².